The summed E-state index contributed by atoms with van der Waals surface area (Å²) in [5, 5.41) is 0. The monoisotopic (exact) mass is 356 g/mol. The topological polar surface area (TPSA) is 83.5 Å². The summed E-state index contributed by atoms with van der Waals surface area (Å²) in [6.07, 6.45) is 6.93. The molecule has 0 aromatic heterocycles. The van der Waals surface area contributed by atoms with Gasteiger partial charge in [0.2, 0.25) is 20.0 Å². The van der Waals surface area contributed by atoms with Crippen LogP contribution in [0.4, 0.5) is 0 Å². The maximum absolute atomic E-state index is 11.8. The molecule has 0 saturated carbocycles. The first-order chi connectivity index (χ1) is 10.2. The summed E-state index contributed by atoms with van der Waals surface area (Å²) < 4.78 is 48.9. The van der Waals surface area contributed by atoms with Gasteiger partial charge in [-0.2, -0.15) is 0 Å². The highest BCUT2D eigenvalue weighted by Gasteiger charge is 2.19. The molecule has 0 aliphatic carbocycles. The molecule has 0 fully saturated rings. The Balaban J connectivity index is 4.00. The Hall–Kier alpha value is -0.180. The lowest BCUT2D eigenvalue weighted by molar-refractivity contribution is 0.398. The van der Waals surface area contributed by atoms with Crippen LogP contribution in [0.3, 0.4) is 0 Å². The summed E-state index contributed by atoms with van der Waals surface area (Å²) in [5.74, 6) is -0.257. The van der Waals surface area contributed by atoms with Gasteiger partial charge in [0.25, 0.3) is 0 Å². The third-order valence-electron chi connectivity index (χ3n) is 3.29. The third-order valence-corrected chi connectivity index (χ3v) is 6.97. The smallest absolute Gasteiger partial charge is 0.224 e. The van der Waals surface area contributed by atoms with Crippen LogP contribution in [0.15, 0.2) is 0 Å². The molecule has 0 aliphatic heterocycles. The molecule has 0 heterocycles. The SMILES string of the molecule is CCCCCCCCS(=O)(=O)NS(=O)(=O)CCCCN(C)C. The minimum Gasteiger partial charge on any atom is -0.309 e. The lowest BCUT2D eigenvalue weighted by Gasteiger charge is -2.10. The van der Waals surface area contributed by atoms with Crippen LogP contribution in [0.5, 0.6) is 0 Å². The van der Waals surface area contributed by atoms with Crippen LogP contribution in [0.1, 0.15) is 58.3 Å². The molecule has 22 heavy (non-hydrogen) atoms. The number of unbranched alkanes of at least 4 members (excludes halogenated alkanes) is 6. The third kappa shape index (κ3) is 13.5. The molecule has 0 radical (unpaired) electrons. The maximum atomic E-state index is 11.8. The molecule has 134 valence electrons. The van der Waals surface area contributed by atoms with Gasteiger partial charge in [0.05, 0.1) is 11.5 Å². The van der Waals surface area contributed by atoms with Gasteiger partial charge in [0.15, 0.2) is 0 Å². The van der Waals surface area contributed by atoms with E-state index >= 15 is 0 Å². The van der Waals surface area contributed by atoms with Crippen LogP contribution in [0.2, 0.25) is 0 Å². The first kappa shape index (κ1) is 21.8. The van der Waals surface area contributed by atoms with Gasteiger partial charge in [-0.15, -0.1) is 4.13 Å². The van der Waals surface area contributed by atoms with E-state index in [1.807, 2.05) is 23.1 Å². The highest BCUT2D eigenvalue weighted by Crippen LogP contribution is 2.07. The van der Waals surface area contributed by atoms with Gasteiger partial charge in [-0.05, 0) is 39.9 Å². The van der Waals surface area contributed by atoms with Crippen molar-refractivity contribution in [2.45, 2.75) is 58.3 Å². The lowest BCUT2D eigenvalue weighted by Crippen LogP contribution is -2.34. The van der Waals surface area contributed by atoms with Crippen molar-refractivity contribution < 1.29 is 16.8 Å². The summed E-state index contributed by atoms with van der Waals surface area (Å²) in [6, 6.07) is 0. The lowest BCUT2D eigenvalue weighted by atomic mass is 10.1. The highest BCUT2D eigenvalue weighted by molar-refractivity contribution is 8.04. The first-order valence-corrected chi connectivity index (χ1v) is 11.4. The van der Waals surface area contributed by atoms with E-state index < -0.39 is 20.0 Å². The van der Waals surface area contributed by atoms with Crippen molar-refractivity contribution in [3.05, 3.63) is 0 Å². The number of nitrogens with zero attached hydrogens (tertiary/aromatic N) is 1. The quantitative estimate of drug-likeness (QED) is 0.481. The summed E-state index contributed by atoms with van der Waals surface area (Å²) in [7, 11) is -3.65. The normalized spacial score (nSPS) is 12.9. The van der Waals surface area contributed by atoms with E-state index in [0.29, 0.717) is 12.8 Å². The van der Waals surface area contributed by atoms with Crippen LogP contribution in [0.25, 0.3) is 0 Å². The molecule has 8 heteroatoms. The summed E-state index contributed by atoms with van der Waals surface area (Å²) in [4.78, 5) is 1.97. The maximum Gasteiger partial charge on any atom is 0.224 e. The highest BCUT2D eigenvalue weighted by atomic mass is 32.3. The second-order valence-electron chi connectivity index (χ2n) is 6.00. The van der Waals surface area contributed by atoms with Crippen LogP contribution < -0.4 is 4.13 Å². The molecule has 0 aromatic rings. The number of hydrogen-bond donors (Lipinski definition) is 1. The Morgan fingerprint density at radius 3 is 1.68 bits per heavy atom. The minimum absolute atomic E-state index is 0.115. The van der Waals surface area contributed by atoms with Crippen LogP contribution in [-0.2, 0) is 20.0 Å². The molecule has 0 amide bonds. The molecule has 1 N–H and O–H groups in total. The summed E-state index contributed by atoms with van der Waals surface area (Å²) in [6.45, 7) is 2.91. The Labute approximate surface area is 136 Å². The molecular weight excluding hydrogens is 324 g/mol. The van der Waals surface area contributed by atoms with E-state index in [1.165, 1.54) is 0 Å². The Morgan fingerprint density at radius 2 is 1.18 bits per heavy atom. The summed E-state index contributed by atoms with van der Waals surface area (Å²) in [5.41, 5.74) is 0. The molecule has 0 rings (SSSR count). The van der Waals surface area contributed by atoms with Crippen molar-refractivity contribution in [3.63, 3.8) is 0 Å². The van der Waals surface area contributed by atoms with Crippen LogP contribution in [-0.4, -0.2) is 53.9 Å². The van der Waals surface area contributed by atoms with Gasteiger partial charge in [-0.1, -0.05) is 39.0 Å². The van der Waals surface area contributed by atoms with Crippen molar-refractivity contribution in [1.82, 2.24) is 9.03 Å². The van der Waals surface area contributed by atoms with E-state index in [2.05, 4.69) is 6.92 Å². The van der Waals surface area contributed by atoms with Gasteiger partial charge in [0.1, 0.15) is 0 Å². The molecular formula is C14H32N2O4S2. The number of nitrogens with one attached hydrogen (secondary N) is 1. The number of rotatable bonds is 14. The Kier molecular flexibility index (Phi) is 11.3. The molecule has 0 atom stereocenters. The fraction of sp³-hybridized carbons (Fsp3) is 1.00. The van der Waals surface area contributed by atoms with Gasteiger partial charge >= 0.3 is 0 Å². The largest absolute Gasteiger partial charge is 0.309 e. The molecule has 0 aliphatic rings. The predicted octanol–water partition coefficient (Wildman–Crippen LogP) is 1.94. The van der Waals surface area contributed by atoms with Crippen molar-refractivity contribution >= 4 is 20.0 Å². The zero-order valence-corrected chi connectivity index (χ0v) is 15.8. The predicted molar refractivity (Wildman–Crippen MR) is 91.9 cm³/mol. The van der Waals surface area contributed by atoms with Gasteiger partial charge in [0, 0.05) is 0 Å². The molecule has 0 saturated heterocycles. The van der Waals surface area contributed by atoms with E-state index in [1.54, 1.807) is 0 Å². The average Bonchev–Trinajstić information content (AvgIpc) is 2.37. The van der Waals surface area contributed by atoms with Gasteiger partial charge < -0.3 is 4.90 Å². The van der Waals surface area contributed by atoms with Crippen molar-refractivity contribution in [3.8, 4) is 0 Å². The van der Waals surface area contributed by atoms with E-state index in [-0.39, 0.29) is 11.5 Å². The molecule has 0 spiro atoms. The zero-order chi connectivity index (χ0) is 17.1. The Bertz CT molecular complexity index is 473. The molecule has 0 unspecified atom stereocenters. The van der Waals surface area contributed by atoms with Crippen LogP contribution >= 0.6 is 0 Å². The standard InChI is InChI=1S/C14H32N2O4S2/c1-4-5-6-7-8-10-13-21(17,18)15-22(19,20)14-11-9-12-16(2)3/h15H,4-14H2,1-3H3. The second kappa shape index (κ2) is 11.4. The van der Waals surface area contributed by atoms with E-state index in [9.17, 15) is 16.8 Å². The molecule has 0 aromatic carbocycles. The van der Waals surface area contributed by atoms with Gasteiger partial charge in [-0.25, -0.2) is 16.8 Å². The molecule has 6 nitrogen and oxygen atoms in total. The second-order valence-corrected chi connectivity index (χ2v) is 9.94. The van der Waals surface area contributed by atoms with Crippen LogP contribution in [0, 0.1) is 0 Å². The first-order valence-electron chi connectivity index (χ1n) is 8.07. The van der Waals surface area contributed by atoms with Crippen molar-refractivity contribution in [1.29, 1.82) is 0 Å². The van der Waals surface area contributed by atoms with E-state index in [0.717, 1.165) is 45.1 Å². The zero-order valence-electron chi connectivity index (χ0n) is 14.2. The van der Waals surface area contributed by atoms with Crippen molar-refractivity contribution in [2.24, 2.45) is 0 Å². The fourth-order valence-corrected chi connectivity index (χ4v) is 5.45. The summed E-state index contributed by atoms with van der Waals surface area (Å²) >= 11 is 0. The number of hydrogen-bond acceptors (Lipinski definition) is 5. The fourth-order valence-electron chi connectivity index (χ4n) is 2.07. The van der Waals surface area contributed by atoms with Gasteiger partial charge in [-0.3, -0.25) is 0 Å². The van der Waals surface area contributed by atoms with E-state index in [4.69, 9.17) is 0 Å². The van der Waals surface area contributed by atoms with Crippen molar-refractivity contribution in [2.75, 3.05) is 32.1 Å². The Morgan fingerprint density at radius 1 is 0.727 bits per heavy atom. The number of sulfonamides is 2. The minimum atomic E-state index is -3.75. The molecule has 0 bridgehead atoms. The average molecular weight is 357 g/mol.